The smallest absolute Gasteiger partial charge is 0.255 e. The number of nitrogens with zero attached hydrogens (tertiary/aromatic N) is 5. The summed E-state index contributed by atoms with van der Waals surface area (Å²) < 4.78 is 25.9. The van der Waals surface area contributed by atoms with Crippen LogP contribution in [0.15, 0.2) is 12.1 Å². The zero-order chi connectivity index (χ0) is 17.1. The molecule has 0 unspecified atom stereocenters. The van der Waals surface area contributed by atoms with E-state index in [4.69, 9.17) is 0 Å². The Morgan fingerprint density at radius 1 is 1.33 bits per heavy atom. The molecule has 3 heterocycles. The standard InChI is InChI=1S/C15H20F2N6O/c1-10-19-20-13-2-3-14(21-23(10)13)22-6-4-11(5-7-22)8-15(24)18-9-12(16)17/h2-3,11-12H,4-9H2,1H3,(H,18,24). The molecule has 1 fully saturated rings. The predicted octanol–water partition coefficient (Wildman–Crippen LogP) is 1.42. The number of carbonyl (C=O) groups excluding carboxylic acids is 1. The van der Waals surface area contributed by atoms with Crippen LogP contribution < -0.4 is 10.2 Å². The van der Waals surface area contributed by atoms with Crippen LogP contribution in [0, 0.1) is 12.8 Å². The normalized spacial score (nSPS) is 16.1. The average molecular weight is 338 g/mol. The molecule has 0 aliphatic carbocycles. The molecule has 2 aromatic heterocycles. The highest BCUT2D eigenvalue weighted by Crippen LogP contribution is 2.24. The molecule has 0 radical (unpaired) electrons. The summed E-state index contributed by atoms with van der Waals surface area (Å²) in [5.74, 6) is 1.51. The number of halogens is 2. The van der Waals surface area contributed by atoms with E-state index in [1.165, 1.54) is 0 Å². The number of nitrogens with one attached hydrogen (secondary N) is 1. The lowest BCUT2D eigenvalue weighted by molar-refractivity contribution is -0.122. The van der Waals surface area contributed by atoms with Gasteiger partial charge < -0.3 is 10.2 Å². The summed E-state index contributed by atoms with van der Waals surface area (Å²) in [6.07, 6.45) is -0.526. The first-order chi connectivity index (χ1) is 11.5. The number of piperidine rings is 1. The van der Waals surface area contributed by atoms with E-state index >= 15 is 0 Å². The fourth-order valence-electron chi connectivity index (χ4n) is 2.95. The maximum Gasteiger partial charge on any atom is 0.255 e. The molecule has 0 atom stereocenters. The van der Waals surface area contributed by atoms with E-state index in [1.807, 2.05) is 19.1 Å². The molecule has 0 saturated carbocycles. The zero-order valence-electron chi connectivity index (χ0n) is 13.5. The maximum absolute atomic E-state index is 12.1. The van der Waals surface area contributed by atoms with E-state index in [9.17, 15) is 13.6 Å². The van der Waals surface area contributed by atoms with Gasteiger partial charge in [-0.25, -0.2) is 8.78 Å². The van der Waals surface area contributed by atoms with E-state index in [0.29, 0.717) is 12.1 Å². The molecule has 1 aliphatic heterocycles. The van der Waals surface area contributed by atoms with Crippen molar-refractivity contribution in [3.05, 3.63) is 18.0 Å². The van der Waals surface area contributed by atoms with Gasteiger partial charge in [-0.2, -0.15) is 4.52 Å². The summed E-state index contributed by atoms with van der Waals surface area (Å²) in [6.45, 7) is 2.85. The van der Waals surface area contributed by atoms with Crippen LogP contribution in [0.3, 0.4) is 0 Å². The number of aryl methyl sites for hydroxylation is 1. The minimum atomic E-state index is -2.50. The number of alkyl halides is 2. The molecule has 1 aliphatic rings. The largest absolute Gasteiger partial charge is 0.355 e. The highest BCUT2D eigenvalue weighted by molar-refractivity contribution is 5.76. The van der Waals surface area contributed by atoms with E-state index in [2.05, 4.69) is 25.5 Å². The fourth-order valence-corrected chi connectivity index (χ4v) is 2.95. The van der Waals surface area contributed by atoms with Gasteiger partial charge in [-0.3, -0.25) is 4.79 Å². The SMILES string of the molecule is Cc1nnc2ccc(N3CCC(CC(=O)NCC(F)F)CC3)nn12. The summed E-state index contributed by atoms with van der Waals surface area (Å²) in [5.41, 5.74) is 0.710. The Bertz CT molecular complexity index is 711. The van der Waals surface area contributed by atoms with E-state index in [0.717, 1.165) is 37.6 Å². The van der Waals surface area contributed by atoms with Gasteiger partial charge in [0.25, 0.3) is 6.43 Å². The molecule has 1 saturated heterocycles. The zero-order valence-corrected chi connectivity index (χ0v) is 13.5. The second-order valence-electron chi connectivity index (χ2n) is 6.04. The van der Waals surface area contributed by atoms with Gasteiger partial charge in [-0.05, 0) is 37.8 Å². The Labute approximate surface area is 138 Å². The molecule has 130 valence electrons. The van der Waals surface area contributed by atoms with Crippen LogP contribution in [-0.4, -0.2) is 51.8 Å². The third-order valence-corrected chi connectivity index (χ3v) is 4.27. The van der Waals surface area contributed by atoms with Crippen LogP contribution >= 0.6 is 0 Å². The Morgan fingerprint density at radius 3 is 2.79 bits per heavy atom. The van der Waals surface area contributed by atoms with Crippen molar-refractivity contribution in [2.24, 2.45) is 5.92 Å². The fraction of sp³-hybridized carbons (Fsp3) is 0.600. The molecule has 1 amide bonds. The molecule has 0 spiro atoms. The highest BCUT2D eigenvalue weighted by atomic mass is 19.3. The van der Waals surface area contributed by atoms with Crippen molar-refractivity contribution in [2.75, 3.05) is 24.5 Å². The molecule has 1 N–H and O–H groups in total. The van der Waals surface area contributed by atoms with Crippen LogP contribution in [0.25, 0.3) is 5.65 Å². The Hall–Kier alpha value is -2.32. The third kappa shape index (κ3) is 3.77. The number of hydrogen-bond donors (Lipinski definition) is 1. The first-order valence-electron chi connectivity index (χ1n) is 8.02. The lowest BCUT2D eigenvalue weighted by Crippen LogP contribution is -2.37. The molecule has 3 rings (SSSR count). The van der Waals surface area contributed by atoms with Gasteiger partial charge in [0.05, 0.1) is 6.54 Å². The molecular weight excluding hydrogens is 318 g/mol. The van der Waals surface area contributed by atoms with Crippen molar-refractivity contribution in [1.82, 2.24) is 25.1 Å². The summed E-state index contributed by atoms with van der Waals surface area (Å²) in [6, 6.07) is 3.80. The topological polar surface area (TPSA) is 75.4 Å². The number of rotatable bonds is 5. The lowest BCUT2D eigenvalue weighted by Gasteiger charge is -2.32. The molecule has 0 bridgehead atoms. The number of fused-ring (bicyclic) bond motifs is 1. The van der Waals surface area contributed by atoms with Crippen molar-refractivity contribution >= 4 is 17.4 Å². The van der Waals surface area contributed by atoms with Crippen molar-refractivity contribution in [2.45, 2.75) is 32.6 Å². The van der Waals surface area contributed by atoms with Gasteiger partial charge in [-0.15, -0.1) is 15.3 Å². The summed E-state index contributed by atoms with van der Waals surface area (Å²) >= 11 is 0. The van der Waals surface area contributed by atoms with Crippen LogP contribution in [0.5, 0.6) is 0 Å². The lowest BCUT2D eigenvalue weighted by atomic mass is 9.93. The van der Waals surface area contributed by atoms with E-state index in [1.54, 1.807) is 4.52 Å². The Morgan fingerprint density at radius 2 is 2.08 bits per heavy atom. The second-order valence-corrected chi connectivity index (χ2v) is 6.04. The van der Waals surface area contributed by atoms with Crippen LogP contribution in [0.1, 0.15) is 25.1 Å². The molecular formula is C15H20F2N6O. The molecule has 9 heteroatoms. The van der Waals surface area contributed by atoms with Crippen LogP contribution in [0.4, 0.5) is 14.6 Å². The Balaban J connectivity index is 1.54. The number of amides is 1. The van der Waals surface area contributed by atoms with Crippen molar-refractivity contribution in [3.63, 3.8) is 0 Å². The summed E-state index contributed by atoms with van der Waals surface area (Å²) in [4.78, 5) is 13.8. The minimum Gasteiger partial charge on any atom is -0.355 e. The number of hydrogen-bond acceptors (Lipinski definition) is 5. The molecule has 0 aromatic carbocycles. The first-order valence-corrected chi connectivity index (χ1v) is 8.02. The monoisotopic (exact) mass is 338 g/mol. The first kappa shape index (κ1) is 16.5. The number of carbonyl (C=O) groups is 1. The van der Waals surface area contributed by atoms with Gasteiger partial charge >= 0.3 is 0 Å². The average Bonchev–Trinajstić information content (AvgIpc) is 2.94. The molecule has 7 nitrogen and oxygen atoms in total. The Kier molecular flexibility index (Phi) is 4.86. The predicted molar refractivity (Wildman–Crippen MR) is 84.1 cm³/mol. The van der Waals surface area contributed by atoms with Gasteiger partial charge in [0.2, 0.25) is 5.91 Å². The van der Waals surface area contributed by atoms with Gasteiger partial charge in [0, 0.05) is 19.5 Å². The van der Waals surface area contributed by atoms with Crippen molar-refractivity contribution in [3.8, 4) is 0 Å². The van der Waals surface area contributed by atoms with Gasteiger partial charge in [0.1, 0.15) is 5.82 Å². The van der Waals surface area contributed by atoms with Crippen molar-refractivity contribution in [1.29, 1.82) is 0 Å². The van der Waals surface area contributed by atoms with Crippen LogP contribution in [0.2, 0.25) is 0 Å². The molecule has 2 aromatic rings. The summed E-state index contributed by atoms with van der Waals surface area (Å²) in [5, 5.41) is 14.8. The van der Waals surface area contributed by atoms with E-state index in [-0.39, 0.29) is 11.8 Å². The number of aromatic nitrogens is 4. The molecule has 24 heavy (non-hydrogen) atoms. The minimum absolute atomic E-state index is 0.222. The van der Waals surface area contributed by atoms with Gasteiger partial charge in [0.15, 0.2) is 11.5 Å². The second kappa shape index (κ2) is 7.06. The maximum atomic E-state index is 12.1. The number of anilines is 1. The van der Waals surface area contributed by atoms with Crippen molar-refractivity contribution < 1.29 is 13.6 Å². The quantitative estimate of drug-likeness (QED) is 0.892. The van der Waals surface area contributed by atoms with Crippen LogP contribution in [-0.2, 0) is 4.79 Å². The third-order valence-electron chi connectivity index (χ3n) is 4.27. The summed E-state index contributed by atoms with van der Waals surface area (Å²) in [7, 11) is 0. The van der Waals surface area contributed by atoms with E-state index < -0.39 is 13.0 Å². The highest BCUT2D eigenvalue weighted by Gasteiger charge is 2.23. The van der Waals surface area contributed by atoms with Gasteiger partial charge in [-0.1, -0.05) is 0 Å².